The molecule has 0 unspecified atom stereocenters. The Morgan fingerprint density at radius 1 is 0.765 bits per heavy atom. The van der Waals surface area contributed by atoms with Crippen LogP contribution in [-0.2, 0) is 43.2 Å². The third kappa shape index (κ3) is 12.2. The number of aromatic amines is 1. The third-order valence-electron chi connectivity index (χ3n) is 7.50. The van der Waals surface area contributed by atoms with Crippen molar-refractivity contribution in [2.75, 3.05) is 0 Å². The monoisotopic (exact) mass is 713 g/mol. The zero-order valence-electron chi connectivity index (χ0n) is 27.5. The third-order valence-corrected chi connectivity index (χ3v) is 7.50. The van der Waals surface area contributed by atoms with Crippen molar-refractivity contribution < 1.29 is 52.5 Å². The summed E-state index contributed by atoms with van der Waals surface area (Å²) in [6.07, 6.45) is -4.82. The van der Waals surface area contributed by atoms with Gasteiger partial charge in [-0.3, -0.25) is 14.4 Å². The fourth-order valence-corrected chi connectivity index (χ4v) is 4.77. The normalized spacial score (nSPS) is 13.1. The molecule has 13 nitrogen and oxygen atoms in total. The number of carbonyl (C=O) groups is 5. The van der Waals surface area contributed by atoms with E-state index in [0.717, 1.165) is 22.0 Å². The molecule has 0 aliphatic rings. The van der Waals surface area contributed by atoms with Gasteiger partial charge in [-0.05, 0) is 61.0 Å². The van der Waals surface area contributed by atoms with Gasteiger partial charge in [-0.15, -0.1) is 0 Å². The highest BCUT2D eigenvalue weighted by atomic mass is 19.4. The number of fused-ring (bicyclic) bond motifs is 1. The van der Waals surface area contributed by atoms with E-state index in [1.807, 2.05) is 36.4 Å². The summed E-state index contributed by atoms with van der Waals surface area (Å²) in [6, 6.07) is 21.2. The van der Waals surface area contributed by atoms with Gasteiger partial charge in [-0.25, -0.2) is 9.59 Å². The number of phenolic OH excluding ortho intramolecular Hbond substituents is 1. The summed E-state index contributed by atoms with van der Waals surface area (Å²) >= 11 is 0. The van der Waals surface area contributed by atoms with Crippen LogP contribution in [0.1, 0.15) is 30.7 Å². The lowest BCUT2D eigenvalue weighted by atomic mass is 9.99. The number of aliphatic carboxylic acids is 2. The van der Waals surface area contributed by atoms with Crippen LogP contribution < -0.4 is 21.7 Å². The molecule has 3 amide bonds. The lowest BCUT2D eigenvalue weighted by Gasteiger charge is -2.29. The molecule has 0 aliphatic carbocycles. The molecule has 0 saturated heterocycles. The van der Waals surface area contributed by atoms with Crippen molar-refractivity contribution in [3.63, 3.8) is 0 Å². The van der Waals surface area contributed by atoms with Crippen LogP contribution in [-0.4, -0.2) is 79.8 Å². The van der Waals surface area contributed by atoms with Crippen LogP contribution in [0.4, 0.5) is 13.2 Å². The van der Waals surface area contributed by atoms with Gasteiger partial charge in [0.2, 0.25) is 17.7 Å². The Bertz CT molecular complexity index is 1800. The maximum Gasteiger partial charge on any atom is 0.490 e. The number of carboxylic acids is 2. The summed E-state index contributed by atoms with van der Waals surface area (Å²) in [5.74, 6) is -5.81. The Kier molecular flexibility index (Phi) is 13.3. The Morgan fingerprint density at radius 3 is 1.90 bits per heavy atom. The summed E-state index contributed by atoms with van der Waals surface area (Å²) in [5.41, 5.74) is 7.58. The predicted octanol–water partition coefficient (Wildman–Crippen LogP) is 2.81. The minimum Gasteiger partial charge on any atom is -0.508 e. The van der Waals surface area contributed by atoms with E-state index < -0.39 is 59.5 Å². The second-order valence-electron chi connectivity index (χ2n) is 12.1. The second kappa shape index (κ2) is 17.2. The number of hydrogen-bond acceptors (Lipinski definition) is 7. The Hall–Kier alpha value is -5.90. The van der Waals surface area contributed by atoms with Gasteiger partial charge in [0.15, 0.2) is 0 Å². The molecule has 0 bridgehead atoms. The number of rotatable bonds is 13. The number of H-pyrrole nitrogens is 1. The zero-order valence-corrected chi connectivity index (χ0v) is 27.5. The average Bonchev–Trinajstić information content (AvgIpc) is 3.47. The first-order chi connectivity index (χ1) is 23.9. The van der Waals surface area contributed by atoms with E-state index in [9.17, 15) is 42.6 Å². The first-order valence-electron chi connectivity index (χ1n) is 15.5. The van der Waals surface area contributed by atoms with Gasteiger partial charge in [0.1, 0.15) is 23.4 Å². The van der Waals surface area contributed by atoms with Crippen molar-refractivity contribution in [2.45, 2.75) is 63.0 Å². The smallest absolute Gasteiger partial charge is 0.490 e. The molecule has 0 saturated carbocycles. The topological polar surface area (TPSA) is 224 Å². The van der Waals surface area contributed by atoms with Crippen LogP contribution in [0.2, 0.25) is 0 Å². The van der Waals surface area contributed by atoms with E-state index in [2.05, 4.69) is 20.9 Å². The molecule has 1 aromatic heterocycles. The molecule has 1 heterocycles. The summed E-state index contributed by atoms with van der Waals surface area (Å²) in [6.45, 7) is 2.97. The maximum absolute atomic E-state index is 13.6. The van der Waals surface area contributed by atoms with Crippen LogP contribution in [0.15, 0.2) is 84.9 Å². The summed E-state index contributed by atoms with van der Waals surface area (Å²) in [5, 5.41) is 35.3. The molecule has 0 spiro atoms. The summed E-state index contributed by atoms with van der Waals surface area (Å²) in [4.78, 5) is 64.2. The quantitative estimate of drug-likeness (QED) is 0.102. The van der Waals surface area contributed by atoms with Crippen LogP contribution in [0.3, 0.4) is 0 Å². The molecule has 272 valence electrons. The van der Waals surface area contributed by atoms with E-state index in [1.165, 1.54) is 26.0 Å². The van der Waals surface area contributed by atoms with Crippen LogP contribution in [0.5, 0.6) is 5.75 Å². The SMILES string of the molecule is CC(C)(NC(=O)[C@@H](N)Cc1ccc(O)cc1)C(=O)N[C@@H](Cc1cc2ccccc2[nH]1)C(=O)N[C@@H](Cc1ccccc1)C(=O)O.O=C(O)C(F)(F)F. The number of amides is 3. The van der Waals surface area contributed by atoms with Crippen molar-refractivity contribution in [3.8, 4) is 5.75 Å². The van der Waals surface area contributed by atoms with Gasteiger partial charge >= 0.3 is 18.1 Å². The number of carbonyl (C=O) groups excluding carboxylic acids is 3. The van der Waals surface area contributed by atoms with Crippen molar-refractivity contribution >= 4 is 40.6 Å². The fourth-order valence-electron chi connectivity index (χ4n) is 4.77. The van der Waals surface area contributed by atoms with E-state index in [1.54, 1.807) is 36.4 Å². The standard InChI is InChI=1S/C33H37N5O6.C2HF3O2/c1-33(2,38-29(40)25(34)16-21-12-14-24(39)15-13-21)32(44)37-27(19-23-18-22-10-6-7-11-26(22)35-23)30(41)36-28(31(42)43)17-20-8-4-3-5-9-20;3-2(4,5)1(6)7/h3-15,18,25,27-28,35,39H,16-17,19,34H2,1-2H3,(H,36,41)(H,37,44)(H,38,40)(H,42,43);(H,6,7)/t25-,27-,28-;/m0./s1. The first-order valence-corrected chi connectivity index (χ1v) is 15.5. The molecule has 0 radical (unpaired) electrons. The highest BCUT2D eigenvalue weighted by Gasteiger charge is 2.38. The zero-order chi connectivity index (χ0) is 37.9. The molecule has 4 aromatic rings. The molecule has 9 N–H and O–H groups in total. The molecule has 3 atom stereocenters. The number of nitrogens with two attached hydrogens (primary N) is 1. The molecule has 16 heteroatoms. The number of carboxylic acid groups (broad SMARTS) is 2. The fraction of sp³-hybridized carbons (Fsp3) is 0.286. The number of nitrogens with one attached hydrogen (secondary N) is 4. The number of alkyl halides is 3. The Labute approximate surface area is 290 Å². The number of para-hydroxylation sites is 1. The molecule has 0 aliphatic heterocycles. The minimum absolute atomic E-state index is 0.0360. The van der Waals surface area contributed by atoms with E-state index in [4.69, 9.17) is 15.6 Å². The van der Waals surface area contributed by atoms with Gasteiger partial charge in [-0.1, -0.05) is 60.7 Å². The van der Waals surface area contributed by atoms with Gasteiger partial charge in [0.25, 0.3) is 0 Å². The van der Waals surface area contributed by atoms with Crippen LogP contribution in [0.25, 0.3) is 10.9 Å². The molecule has 3 aromatic carbocycles. The summed E-state index contributed by atoms with van der Waals surface area (Å²) < 4.78 is 31.7. The average molecular weight is 714 g/mol. The van der Waals surface area contributed by atoms with Gasteiger partial charge in [0.05, 0.1) is 6.04 Å². The van der Waals surface area contributed by atoms with E-state index >= 15 is 0 Å². The number of halogens is 3. The van der Waals surface area contributed by atoms with Crippen molar-refractivity contribution in [1.82, 2.24) is 20.9 Å². The lowest BCUT2D eigenvalue weighted by Crippen LogP contribution is -2.62. The number of aromatic nitrogens is 1. The lowest BCUT2D eigenvalue weighted by molar-refractivity contribution is -0.192. The van der Waals surface area contributed by atoms with Crippen LogP contribution >= 0.6 is 0 Å². The predicted molar refractivity (Wildman–Crippen MR) is 179 cm³/mol. The number of benzene rings is 3. The van der Waals surface area contributed by atoms with E-state index in [0.29, 0.717) is 5.69 Å². The Morgan fingerprint density at radius 2 is 1.33 bits per heavy atom. The maximum atomic E-state index is 13.6. The van der Waals surface area contributed by atoms with Gasteiger partial charge < -0.3 is 42.0 Å². The summed E-state index contributed by atoms with van der Waals surface area (Å²) in [7, 11) is 0. The van der Waals surface area contributed by atoms with Crippen molar-refractivity contribution in [2.24, 2.45) is 5.73 Å². The second-order valence-corrected chi connectivity index (χ2v) is 12.1. The molecular formula is C35H38F3N5O8. The number of aromatic hydroxyl groups is 1. The minimum atomic E-state index is -5.08. The van der Waals surface area contributed by atoms with Gasteiger partial charge in [0, 0.05) is 24.1 Å². The first kappa shape index (κ1) is 39.5. The van der Waals surface area contributed by atoms with Crippen LogP contribution in [0, 0.1) is 0 Å². The Balaban J connectivity index is 0.000000908. The largest absolute Gasteiger partial charge is 0.508 e. The highest BCUT2D eigenvalue weighted by Crippen LogP contribution is 2.17. The van der Waals surface area contributed by atoms with Gasteiger partial charge in [-0.2, -0.15) is 13.2 Å². The number of phenols is 1. The molecule has 4 rings (SSSR count). The van der Waals surface area contributed by atoms with Crippen molar-refractivity contribution in [3.05, 3.63) is 102 Å². The molecule has 0 fully saturated rings. The highest BCUT2D eigenvalue weighted by molar-refractivity contribution is 5.96. The molecular weight excluding hydrogens is 675 g/mol. The van der Waals surface area contributed by atoms with Crippen molar-refractivity contribution in [1.29, 1.82) is 0 Å². The van der Waals surface area contributed by atoms with E-state index in [-0.39, 0.29) is 25.0 Å². The number of hydrogen-bond donors (Lipinski definition) is 8. The molecule has 51 heavy (non-hydrogen) atoms.